The summed E-state index contributed by atoms with van der Waals surface area (Å²) in [5.74, 6) is -4.48. The number of aromatic hydroxyl groups is 1. The van der Waals surface area contributed by atoms with Gasteiger partial charge in [-0.2, -0.15) is 0 Å². The molecule has 4 atom stereocenters. The highest BCUT2D eigenvalue weighted by atomic mass is 19.1. The number of hydrogen-bond acceptors (Lipinski definition) is 5. The zero-order valence-electron chi connectivity index (χ0n) is 18.1. The minimum Gasteiger partial charge on any atom is -0.508 e. The molecule has 33 heavy (non-hydrogen) atoms. The number of hydrogen-bond donors (Lipinski definition) is 3. The van der Waals surface area contributed by atoms with Crippen LogP contribution in [0.1, 0.15) is 43.1 Å². The minimum absolute atomic E-state index is 0.0581. The first-order chi connectivity index (χ1) is 15.7. The van der Waals surface area contributed by atoms with E-state index in [4.69, 9.17) is 5.73 Å². The average molecular weight is 458 g/mol. The zero-order chi connectivity index (χ0) is 23.8. The summed E-state index contributed by atoms with van der Waals surface area (Å²) in [5.41, 5.74) is 3.69. The predicted octanol–water partition coefficient (Wildman–Crippen LogP) is 4.09. The molecule has 1 aromatic heterocycles. The Kier molecular flexibility index (Phi) is 6.25. The van der Waals surface area contributed by atoms with E-state index in [-0.39, 0.29) is 23.6 Å². The quantitative estimate of drug-likeness (QED) is 0.642. The number of amides is 1. The van der Waals surface area contributed by atoms with Gasteiger partial charge in [0.25, 0.3) is 5.91 Å². The van der Waals surface area contributed by atoms with Crippen LogP contribution in [0.2, 0.25) is 0 Å². The maximum Gasteiger partial charge on any atom is 0.270 e. The fourth-order valence-electron chi connectivity index (χ4n) is 4.82. The van der Waals surface area contributed by atoms with E-state index < -0.39 is 45.9 Å². The molecule has 9 heteroatoms. The predicted molar refractivity (Wildman–Crippen MR) is 118 cm³/mol. The van der Waals surface area contributed by atoms with Gasteiger partial charge in [0.2, 0.25) is 0 Å². The van der Waals surface area contributed by atoms with Gasteiger partial charge in [0.1, 0.15) is 34.6 Å². The summed E-state index contributed by atoms with van der Waals surface area (Å²) in [6, 6.07) is 3.48. The van der Waals surface area contributed by atoms with E-state index in [1.165, 1.54) is 0 Å². The van der Waals surface area contributed by atoms with Crippen molar-refractivity contribution in [2.75, 3.05) is 0 Å². The van der Waals surface area contributed by atoms with Gasteiger partial charge in [-0.25, -0.2) is 18.2 Å². The van der Waals surface area contributed by atoms with Crippen LogP contribution in [0.15, 0.2) is 41.5 Å². The van der Waals surface area contributed by atoms with Crippen molar-refractivity contribution in [2.45, 2.75) is 44.2 Å². The monoisotopic (exact) mass is 458 g/mol. The Balaban J connectivity index is 1.63. The Hall–Kier alpha value is -3.20. The third kappa shape index (κ3) is 4.64. The van der Waals surface area contributed by atoms with Gasteiger partial charge < -0.3 is 16.2 Å². The summed E-state index contributed by atoms with van der Waals surface area (Å²) in [6.45, 7) is 1.84. The average Bonchev–Trinajstić information content (AvgIpc) is 2.74. The first-order valence-corrected chi connectivity index (χ1v) is 10.8. The number of nitrogens with zero attached hydrogens (tertiary/aromatic N) is 2. The van der Waals surface area contributed by atoms with Crippen molar-refractivity contribution in [1.29, 1.82) is 0 Å². The summed E-state index contributed by atoms with van der Waals surface area (Å²) in [4.78, 5) is 21.2. The van der Waals surface area contributed by atoms with Crippen molar-refractivity contribution in [3.63, 3.8) is 0 Å². The fourth-order valence-corrected chi connectivity index (χ4v) is 4.82. The highest BCUT2D eigenvalue weighted by Crippen LogP contribution is 2.37. The van der Waals surface area contributed by atoms with Crippen LogP contribution >= 0.6 is 0 Å². The van der Waals surface area contributed by atoms with Crippen molar-refractivity contribution in [2.24, 2.45) is 22.6 Å². The van der Waals surface area contributed by atoms with Gasteiger partial charge in [0, 0.05) is 36.5 Å². The van der Waals surface area contributed by atoms with E-state index in [2.05, 4.69) is 15.3 Å². The summed E-state index contributed by atoms with van der Waals surface area (Å²) in [7, 11) is 0. The molecule has 0 spiro atoms. The molecule has 2 heterocycles. The van der Waals surface area contributed by atoms with Crippen molar-refractivity contribution < 1.29 is 23.1 Å². The van der Waals surface area contributed by atoms with Crippen LogP contribution in [0.3, 0.4) is 0 Å². The molecule has 1 saturated carbocycles. The lowest BCUT2D eigenvalue weighted by atomic mass is 9.69. The molecule has 6 nitrogen and oxygen atoms in total. The van der Waals surface area contributed by atoms with Crippen LogP contribution in [-0.2, 0) is 0 Å². The first kappa shape index (κ1) is 23.0. The van der Waals surface area contributed by atoms with Gasteiger partial charge >= 0.3 is 0 Å². The Morgan fingerprint density at radius 2 is 1.91 bits per heavy atom. The van der Waals surface area contributed by atoms with Crippen LogP contribution < -0.4 is 11.1 Å². The van der Waals surface area contributed by atoms with E-state index in [1.807, 2.05) is 13.0 Å². The number of aliphatic imine (C=N–C) groups is 1. The molecule has 2 aromatic rings. The zero-order valence-corrected chi connectivity index (χ0v) is 18.1. The molecule has 1 aliphatic carbocycles. The van der Waals surface area contributed by atoms with E-state index in [0.717, 1.165) is 37.8 Å². The number of carbonyl (C=O) groups is 1. The molecule has 0 radical (unpaired) electrons. The largest absolute Gasteiger partial charge is 0.508 e. The van der Waals surface area contributed by atoms with E-state index >= 15 is 0 Å². The van der Waals surface area contributed by atoms with Crippen molar-refractivity contribution in [1.82, 2.24) is 10.3 Å². The molecule has 0 bridgehead atoms. The number of aromatic nitrogens is 1. The SMILES string of the molecule is CC1(NC(=O)c2ccc(F)c(-c3c(F)cc(O)cc3F)n2)C=NC=CC1C1CCCC(N)C1. The number of rotatable bonds is 4. The summed E-state index contributed by atoms with van der Waals surface area (Å²) < 4.78 is 43.0. The number of phenolic OH excluding ortho intramolecular Hbond substituents is 1. The molecule has 174 valence electrons. The van der Waals surface area contributed by atoms with E-state index in [1.54, 1.807) is 12.4 Å². The van der Waals surface area contributed by atoms with Crippen molar-refractivity contribution >= 4 is 12.1 Å². The fraction of sp³-hybridized carbons (Fsp3) is 0.375. The first-order valence-electron chi connectivity index (χ1n) is 10.8. The number of nitrogens with one attached hydrogen (secondary N) is 1. The summed E-state index contributed by atoms with van der Waals surface area (Å²) in [6.07, 6.45) is 9.07. The lowest BCUT2D eigenvalue weighted by molar-refractivity contribution is 0.0888. The molecular formula is C24H25F3N4O2. The molecule has 1 aromatic carbocycles. The van der Waals surface area contributed by atoms with Gasteiger partial charge in [-0.15, -0.1) is 0 Å². The van der Waals surface area contributed by atoms with Gasteiger partial charge in [-0.3, -0.25) is 9.79 Å². The van der Waals surface area contributed by atoms with E-state index in [9.17, 15) is 23.1 Å². The Bertz CT molecular complexity index is 1110. The van der Waals surface area contributed by atoms with Crippen LogP contribution in [-0.4, -0.2) is 33.8 Å². The van der Waals surface area contributed by atoms with Gasteiger partial charge in [-0.1, -0.05) is 12.5 Å². The number of carbonyl (C=O) groups excluding carboxylic acids is 1. The van der Waals surface area contributed by atoms with Crippen LogP contribution in [0, 0.1) is 29.3 Å². The van der Waals surface area contributed by atoms with Gasteiger partial charge in [0.05, 0.1) is 11.1 Å². The number of halogens is 3. The summed E-state index contributed by atoms with van der Waals surface area (Å²) >= 11 is 0. The maximum atomic E-state index is 14.4. The molecule has 4 N–H and O–H groups in total. The van der Waals surface area contributed by atoms with Crippen LogP contribution in [0.5, 0.6) is 5.75 Å². The molecule has 1 fully saturated rings. The second-order valence-electron chi connectivity index (χ2n) is 8.88. The van der Waals surface area contributed by atoms with E-state index in [0.29, 0.717) is 12.1 Å². The molecule has 1 amide bonds. The van der Waals surface area contributed by atoms with Crippen molar-refractivity contribution in [3.05, 3.63) is 59.7 Å². The Morgan fingerprint density at radius 1 is 1.18 bits per heavy atom. The second kappa shape index (κ2) is 8.97. The van der Waals surface area contributed by atoms with Gasteiger partial charge in [0.15, 0.2) is 0 Å². The number of pyridine rings is 1. The highest BCUT2D eigenvalue weighted by Gasteiger charge is 2.40. The van der Waals surface area contributed by atoms with Crippen LogP contribution in [0.4, 0.5) is 13.2 Å². The topological polar surface area (TPSA) is 101 Å². The number of nitrogens with two attached hydrogens (primary N) is 1. The smallest absolute Gasteiger partial charge is 0.270 e. The van der Waals surface area contributed by atoms with Crippen LogP contribution in [0.25, 0.3) is 11.3 Å². The summed E-state index contributed by atoms with van der Waals surface area (Å²) in [5, 5.41) is 12.3. The molecule has 0 saturated heterocycles. The molecular weight excluding hydrogens is 433 g/mol. The lowest BCUT2D eigenvalue weighted by Crippen LogP contribution is -2.56. The Labute approximate surface area is 189 Å². The highest BCUT2D eigenvalue weighted by molar-refractivity contribution is 5.96. The molecule has 1 aliphatic heterocycles. The lowest BCUT2D eigenvalue weighted by Gasteiger charge is -2.42. The van der Waals surface area contributed by atoms with Gasteiger partial charge in [-0.05, 0) is 44.2 Å². The molecule has 4 unspecified atom stereocenters. The molecule has 2 aliphatic rings. The normalized spacial score (nSPS) is 26.9. The maximum absolute atomic E-state index is 14.4. The second-order valence-corrected chi connectivity index (χ2v) is 8.88. The molecule has 4 rings (SSSR count). The third-order valence-electron chi connectivity index (χ3n) is 6.40. The standard InChI is InChI=1S/C24H25F3N4O2/c1-24(12-29-8-7-16(24)13-3-2-4-14(28)9-13)31-23(33)20-6-5-17(25)22(30-20)21-18(26)10-15(32)11-19(21)27/h5-8,10-14,16,32H,2-4,9,28H2,1H3,(H,31,33). The van der Waals surface area contributed by atoms with Crippen molar-refractivity contribution in [3.8, 4) is 17.0 Å². The minimum atomic E-state index is -1.19. The third-order valence-corrected chi connectivity index (χ3v) is 6.40. The Morgan fingerprint density at radius 3 is 2.61 bits per heavy atom. The number of benzene rings is 1. The number of phenols is 1.